The van der Waals surface area contributed by atoms with Crippen LogP contribution in [0, 0.1) is 28.4 Å². The molecule has 74 heavy (non-hydrogen) atoms. The van der Waals surface area contributed by atoms with Crippen LogP contribution in [0.25, 0.3) is 22.1 Å². The molecule has 2 aliphatic rings. The quantitative estimate of drug-likeness (QED) is 0.100. The Hall–Kier alpha value is -9.19. The minimum Gasteiger partial charge on any atom is -0.505 e. The molecule has 0 saturated heterocycles. The van der Waals surface area contributed by atoms with E-state index in [1.807, 2.05) is 30.3 Å². The first kappa shape index (κ1) is 51.2. The van der Waals surface area contributed by atoms with E-state index in [0.717, 1.165) is 16.7 Å². The summed E-state index contributed by atoms with van der Waals surface area (Å²) >= 11 is 0. The van der Waals surface area contributed by atoms with E-state index in [-0.39, 0.29) is 90.6 Å². The lowest BCUT2D eigenvalue weighted by Gasteiger charge is -2.29. The van der Waals surface area contributed by atoms with Crippen LogP contribution in [0.15, 0.2) is 101 Å². The van der Waals surface area contributed by atoms with Gasteiger partial charge in [-0.05, 0) is 61.7 Å². The van der Waals surface area contributed by atoms with Crippen LogP contribution in [0.2, 0.25) is 0 Å². The number of hydrogen-bond donors (Lipinski definition) is 4. The maximum Gasteiger partial charge on any atom is 0.347 e. The maximum absolute atomic E-state index is 13.7. The highest BCUT2D eigenvalue weighted by atomic mass is 19.1. The molecular formula is C53H47F2N7O12. The van der Waals surface area contributed by atoms with Gasteiger partial charge in [0.25, 0.3) is 22.9 Å². The summed E-state index contributed by atoms with van der Waals surface area (Å²) < 4.78 is 52.3. The number of ether oxygens (including phenoxy) is 4. The number of benzene rings is 3. The minimum atomic E-state index is -1.39. The molecule has 4 N–H and O–H groups in total. The smallest absolute Gasteiger partial charge is 0.347 e. The van der Waals surface area contributed by atoms with E-state index in [1.54, 1.807) is 45.0 Å². The average molecular weight is 1010 g/mol. The van der Waals surface area contributed by atoms with E-state index >= 15 is 0 Å². The van der Waals surface area contributed by atoms with Gasteiger partial charge in [-0.15, -0.1) is 0 Å². The SMILES string of the molecule is CCOC(=O)c1c(OCc2ccccc2)c2ncc(Cc3ccc(F)cc3)c3c2n(c1=O)C[C@@H](C(=O)O)O3.CNC(=O)c1c(O)c2ncc(Cc3ccc(F)cc3)c3c2n(c1=O)C[C@@H](C(=O)NCC(C)(C)C#N)O3. The van der Waals surface area contributed by atoms with Crippen molar-refractivity contribution in [3.05, 3.63) is 163 Å². The van der Waals surface area contributed by atoms with Crippen LogP contribution in [0.3, 0.4) is 0 Å². The minimum absolute atomic E-state index is 0.0184. The summed E-state index contributed by atoms with van der Waals surface area (Å²) in [5, 5.41) is 34.7. The van der Waals surface area contributed by atoms with Gasteiger partial charge in [-0.1, -0.05) is 54.6 Å². The molecule has 2 amide bonds. The summed E-state index contributed by atoms with van der Waals surface area (Å²) in [7, 11) is 1.32. The van der Waals surface area contributed by atoms with Gasteiger partial charge in [-0.2, -0.15) is 5.26 Å². The molecule has 2 aliphatic heterocycles. The van der Waals surface area contributed by atoms with Crippen LogP contribution >= 0.6 is 0 Å². The number of nitrogens with one attached hydrogen (secondary N) is 2. The zero-order chi connectivity index (χ0) is 53.0. The molecule has 0 fully saturated rings. The molecule has 4 aromatic heterocycles. The molecule has 0 bridgehead atoms. The average Bonchev–Trinajstić information content (AvgIpc) is 3.40. The number of hydrogen-bond acceptors (Lipinski definition) is 14. The fourth-order valence-corrected chi connectivity index (χ4v) is 8.30. The molecule has 19 nitrogen and oxygen atoms in total. The number of nitriles is 1. The van der Waals surface area contributed by atoms with Gasteiger partial charge in [0.2, 0.25) is 6.10 Å². The summed E-state index contributed by atoms with van der Waals surface area (Å²) in [6, 6.07) is 22.9. The first-order chi connectivity index (χ1) is 35.4. The maximum atomic E-state index is 13.7. The molecule has 7 aromatic rings. The Bertz CT molecular complexity index is 3520. The number of rotatable bonds is 14. The lowest BCUT2D eigenvalue weighted by Crippen LogP contribution is -2.48. The van der Waals surface area contributed by atoms with Gasteiger partial charge in [0.15, 0.2) is 34.7 Å². The fourth-order valence-electron chi connectivity index (χ4n) is 8.30. The van der Waals surface area contributed by atoms with Gasteiger partial charge in [0.05, 0.1) is 31.2 Å². The largest absolute Gasteiger partial charge is 0.505 e. The third-order valence-electron chi connectivity index (χ3n) is 12.1. The predicted octanol–water partition coefficient (Wildman–Crippen LogP) is 5.35. The third-order valence-corrected chi connectivity index (χ3v) is 12.1. The number of halogens is 2. The monoisotopic (exact) mass is 1010 g/mol. The number of carbonyl (C=O) groups excluding carboxylic acids is 3. The molecule has 21 heteroatoms. The molecule has 0 aliphatic carbocycles. The Balaban J connectivity index is 0.000000197. The van der Waals surface area contributed by atoms with Gasteiger partial charge in [-0.25, -0.2) is 18.4 Å². The van der Waals surface area contributed by atoms with Gasteiger partial charge < -0.3 is 39.8 Å². The van der Waals surface area contributed by atoms with Gasteiger partial charge in [0.1, 0.15) is 45.9 Å². The van der Waals surface area contributed by atoms with Crippen molar-refractivity contribution < 1.29 is 57.1 Å². The molecule has 2 atom stereocenters. The highest BCUT2D eigenvalue weighted by Gasteiger charge is 2.37. The van der Waals surface area contributed by atoms with E-state index in [1.165, 1.54) is 52.8 Å². The third kappa shape index (κ3) is 10.4. The van der Waals surface area contributed by atoms with E-state index in [4.69, 9.17) is 18.9 Å². The number of amides is 2. The highest BCUT2D eigenvalue weighted by molar-refractivity contribution is 6.03. The standard InChI is InChI=1S/C28H23FN2O7.C25H24FN5O5/c1-2-36-28(35)21-25(37-15-17-6-4-3-5-7-17)22-23-24(38-20(27(33)34)14-31(23)26(21)32)18(13-30-22)12-16-8-10-19(29)11-9-16;1-25(2,11-27)12-30-22(33)16-10-31-19-18(20(32)17(24(31)35)23(34)28-3)29-9-14(21(19)36-16)8-13-4-6-15(26)7-5-13/h3-11,13,20H,2,12,14-15H2,1H3,(H,33,34);4-7,9,16,32H,8,10,12H2,1-3H3,(H,28,34)(H,30,33)/t20-;16-/m00/s1. The lowest BCUT2D eigenvalue weighted by molar-refractivity contribution is -0.146. The summed E-state index contributed by atoms with van der Waals surface area (Å²) in [5.41, 5.74) is 0.433. The summed E-state index contributed by atoms with van der Waals surface area (Å²) in [5.74, 6) is -4.71. The molecule has 0 radical (unpaired) electrons. The number of carboxylic acid groups (broad SMARTS) is 1. The number of carboxylic acids is 1. The van der Waals surface area contributed by atoms with Crippen LogP contribution in [-0.2, 0) is 46.9 Å². The Morgan fingerprint density at radius 1 is 0.797 bits per heavy atom. The van der Waals surface area contributed by atoms with Crippen LogP contribution in [0.1, 0.15) is 69.3 Å². The molecule has 3 aromatic carbocycles. The molecule has 0 spiro atoms. The second-order valence-corrected chi connectivity index (χ2v) is 17.8. The number of esters is 1. The van der Waals surface area contributed by atoms with Crippen molar-refractivity contribution in [2.45, 2.75) is 65.5 Å². The summed E-state index contributed by atoms with van der Waals surface area (Å²) in [6.07, 6.45) is 0.819. The number of pyridine rings is 4. The van der Waals surface area contributed by atoms with Crippen molar-refractivity contribution >= 4 is 45.8 Å². The predicted molar refractivity (Wildman–Crippen MR) is 261 cm³/mol. The number of aromatic hydroxyl groups is 1. The number of nitrogens with zero attached hydrogens (tertiary/aromatic N) is 5. The molecule has 380 valence electrons. The van der Waals surface area contributed by atoms with Crippen LogP contribution in [-0.4, -0.2) is 85.5 Å². The molecule has 0 saturated carbocycles. The van der Waals surface area contributed by atoms with Crippen molar-refractivity contribution in [2.24, 2.45) is 5.41 Å². The number of aliphatic carboxylic acids is 1. The second kappa shape index (κ2) is 21.3. The lowest BCUT2D eigenvalue weighted by atomic mass is 9.96. The second-order valence-electron chi connectivity index (χ2n) is 17.8. The highest BCUT2D eigenvalue weighted by Crippen LogP contribution is 2.40. The Morgan fingerprint density at radius 3 is 1.86 bits per heavy atom. The van der Waals surface area contributed by atoms with Gasteiger partial charge in [0, 0.05) is 50.0 Å². The molecule has 0 unspecified atom stereocenters. The van der Waals surface area contributed by atoms with Crippen LogP contribution in [0.5, 0.6) is 23.0 Å². The topological polar surface area (TPSA) is 263 Å². The van der Waals surface area contributed by atoms with Crippen molar-refractivity contribution in [3.8, 4) is 29.1 Å². The van der Waals surface area contributed by atoms with Crippen molar-refractivity contribution in [1.29, 1.82) is 5.26 Å². The Morgan fingerprint density at radius 2 is 1.32 bits per heavy atom. The van der Waals surface area contributed by atoms with Gasteiger partial charge in [-0.3, -0.25) is 38.3 Å². The van der Waals surface area contributed by atoms with Gasteiger partial charge >= 0.3 is 11.9 Å². The summed E-state index contributed by atoms with van der Waals surface area (Å²) in [4.78, 5) is 86.1. The van der Waals surface area contributed by atoms with E-state index < -0.39 is 75.4 Å². The van der Waals surface area contributed by atoms with Crippen molar-refractivity contribution in [1.82, 2.24) is 29.7 Å². The Labute approximate surface area is 419 Å². The van der Waals surface area contributed by atoms with E-state index in [0.29, 0.717) is 11.1 Å². The molecule has 6 heterocycles. The molecular weight excluding hydrogens is 965 g/mol. The van der Waals surface area contributed by atoms with E-state index in [2.05, 4.69) is 26.7 Å². The molecule has 9 rings (SSSR count). The van der Waals surface area contributed by atoms with E-state index in [9.17, 15) is 53.0 Å². The first-order valence-electron chi connectivity index (χ1n) is 23.1. The number of carbonyl (C=O) groups is 4. The zero-order valence-electron chi connectivity index (χ0n) is 40.2. The van der Waals surface area contributed by atoms with Crippen molar-refractivity contribution in [2.75, 3.05) is 20.2 Å². The van der Waals surface area contributed by atoms with Crippen LogP contribution in [0.4, 0.5) is 8.78 Å². The first-order valence-corrected chi connectivity index (χ1v) is 23.1. The van der Waals surface area contributed by atoms with Crippen molar-refractivity contribution in [3.63, 3.8) is 0 Å². The Kier molecular flexibility index (Phi) is 14.7. The number of aromatic nitrogens is 4. The fraction of sp³-hybridized carbons (Fsp3) is 0.264. The van der Waals surface area contributed by atoms with Crippen LogP contribution < -0.4 is 36.0 Å². The normalized spacial score (nSPS) is 14.3. The summed E-state index contributed by atoms with van der Waals surface area (Å²) in [6.45, 7) is 4.47. The zero-order valence-corrected chi connectivity index (χ0v) is 40.2.